The van der Waals surface area contributed by atoms with Gasteiger partial charge in [-0.3, -0.25) is 0 Å². The van der Waals surface area contributed by atoms with Crippen LogP contribution in [0.15, 0.2) is 10.7 Å². The Morgan fingerprint density at radius 1 is 1.59 bits per heavy atom. The third kappa shape index (κ3) is 4.49. The van der Waals surface area contributed by atoms with Gasteiger partial charge in [0, 0.05) is 13.1 Å². The van der Waals surface area contributed by atoms with Crippen LogP contribution in [0.1, 0.15) is 26.5 Å². The summed E-state index contributed by atoms with van der Waals surface area (Å²) in [7, 11) is 0. The normalized spacial score (nSPS) is 10.5. The van der Waals surface area contributed by atoms with Crippen molar-refractivity contribution < 1.29 is 4.42 Å². The van der Waals surface area contributed by atoms with Gasteiger partial charge in [-0.05, 0) is 19.4 Å². The summed E-state index contributed by atoms with van der Waals surface area (Å²) in [5.74, 6) is 3.23. The number of oxazole rings is 1. The molecule has 0 aliphatic rings. The summed E-state index contributed by atoms with van der Waals surface area (Å²) in [5, 5.41) is 3.32. The molecule has 4 nitrogen and oxygen atoms in total. The number of hydrogen-bond donors (Lipinski definition) is 1. The van der Waals surface area contributed by atoms with Crippen LogP contribution in [0.2, 0.25) is 0 Å². The van der Waals surface area contributed by atoms with Gasteiger partial charge in [-0.2, -0.15) is 4.98 Å². The van der Waals surface area contributed by atoms with E-state index in [1.54, 1.807) is 6.26 Å². The number of rotatable bonds is 7. The second-order valence-electron chi connectivity index (χ2n) is 4.36. The fraction of sp³-hybridized carbons (Fsp3) is 0.615. The SMILES string of the molecule is C#CCN(CC)c1nc(CNCC(C)C)co1. The standard InChI is InChI=1S/C13H21N3O/c1-5-7-16(6-2)13-15-12(10-17-13)9-14-8-11(3)4/h1,10-11,14H,6-9H2,2-4H3. The molecule has 4 heteroatoms. The lowest BCUT2D eigenvalue weighted by molar-refractivity contribution is 0.534. The summed E-state index contributed by atoms with van der Waals surface area (Å²) in [6.45, 7) is 9.40. The van der Waals surface area contributed by atoms with Crippen LogP contribution in [0, 0.1) is 18.3 Å². The highest BCUT2D eigenvalue weighted by atomic mass is 16.4. The van der Waals surface area contributed by atoms with Crippen molar-refractivity contribution in [1.29, 1.82) is 0 Å². The van der Waals surface area contributed by atoms with E-state index in [1.807, 2.05) is 11.8 Å². The molecule has 1 aromatic heterocycles. The van der Waals surface area contributed by atoms with Crippen LogP contribution >= 0.6 is 0 Å². The summed E-state index contributed by atoms with van der Waals surface area (Å²) in [5.41, 5.74) is 0.913. The molecule has 0 fully saturated rings. The van der Waals surface area contributed by atoms with Gasteiger partial charge in [0.2, 0.25) is 0 Å². The van der Waals surface area contributed by atoms with E-state index in [9.17, 15) is 0 Å². The summed E-state index contributed by atoms with van der Waals surface area (Å²) in [6.07, 6.45) is 6.97. The average Bonchev–Trinajstić information content (AvgIpc) is 2.74. The molecule has 1 N–H and O–H groups in total. The van der Waals surface area contributed by atoms with E-state index in [4.69, 9.17) is 10.8 Å². The Hall–Kier alpha value is -1.47. The summed E-state index contributed by atoms with van der Waals surface area (Å²) in [6, 6.07) is 0.604. The highest BCUT2D eigenvalue weighted by molar-refractivity contribution is 5.29. The Balaban J connectivity index is 2.49. The van der Waals surface area contributed by atoms with E-state index >= 15 is 0 Å². The Morgan fingerprint density at radius 3 is 2.94 bits per heavy atom. The lowest BCUT2D eigenvalue weighted by Crippen LogP contribution is -2.23. The summed E-state index contributed by atoms with van der Waals surface area (Å²) in [4.78, 5) is 6.32. The molecule has 1 heterocycles. The zero-order valence-electron chi connectivity index (χ0n) is 10.9. The van der Waals surface area contributed by atoms with Crippen molar-refractivity contribution in [3.8, 4) is 12.3 Å². The maximum absolute atomic E-state index is 5.41. The van der Waals surface area contributed by atoms with Gasteiger partial charge in [-0.1, -0.05) is 19.8 Å². The van der Waals surface area contributed by atoms with Gasteiger partial charge in [-0.25, -0.2) is 0 Å². The first-order valence-electron chi connectivity index (χ1n) is 6.00. The van der Waals surface area contributed by atoms with Gasteiger partial charge in [-0.15, -0.1) is 6.42 Å². The van der Waals surface area contributed by atoms with Crippen LogP contribution in [-0.2, 0) is 6.54 Å². The number of nitrogens with one attached hydrogen (secondary N) is 1. The minimum Gasteiger partial charge on any atom is -0.432 e. The van der Waals surface area contributed by atoms with Crippen LogP contribution in [-0.4, -0.2) is 24.6 Å². The molecule has 94 valence electrons. The molecular weight excluding hydrogens is 214 g/mol. The van der Waals surface area contributed by atoms with Gasteiger partial charge in [0.1, 0.15) is 6.26 Å². The van der Waals surface area contributed by atoms with Crippen LogP contribution in [0.5, 0.6) is 0 Å². The van der Waals surface area contributed by atoms with Crippen molar-refractivity contribution in [2.75, 3.05) is 24.5 Å². The molecule has 0 aliphatic heterocycles. The fourth-order valence-electron chi connectivity index (χ4n) is 1.44. The van der Waals surface area contributed by atoms with Crippen molar-refractivity contribution in [1.82, 2.24) is 10.3 Å². The van der Waals surface area contributed by atoms with Crippen LogP contribution in [0.4, 0.5) is 6.01 Å². The quantitative estimate of drug-likeness (QED) is 0.733. The number of hydrogen-bond acceptors (Lipinski definition) is 4. The zero-order valence-corrected chi connectivity index (χ0v) is 10.9. The Morgan fingerprint density at radius 2 is 2.35 bits per heavy atom. The molecule has 1 aromatic rings. The van der Waals surface area contributed by atoms with E-state index in [0.29, 0.717) is 18.5 Å². The minimum atomic E-state index is 0.524. The maximum Gasteiger partial charge on any atom is 0.298 e. The lowest BCUT2D eigenvalue weighted by Gasteiger charge is -2.14. The molecular formula is C13H21N3O. The molecule has 0 bridgehead atoms. The lowest BCUT2D eigenvalue weighted by atomic mass is 10.2. The topological polar surface area (TPSA) is 41.3 Å². The molecule has 0 saturated carbocycles. The summed E-state index contributed by atoms with van der Waals surface area (Å²) >= 11 is 0. The van der Waals surface area contributed by atoms with E-state index in [-0.39, 0.29) is 0 Å². The van der Waals surface area contributed by atoms with Crippen molar-refractivity contribution >= 4 is 6.01 Å². The van der Waals surface area contributed by atoms with Gasteiger partial charge < -0.3 is 14.6 Å². The smallest absolute Gasteiger partial charge is 0.298 e. The van der Waals surface area contributed by atoms with Crippen LogP contribution in [0.3, 0.4) is 0 Å². The predicted octanol–water partition coefficient (Wildman–Crippen LogP) is 1.88. The fourth-order valence-corrected chi connectivity index (χ4v) is 1.44. The molecule has 1 rings (SSSR count). The molecule has 17 heavy (non-hydrogen) atoms. The van der Waals surface area contributed by atoms with Gasteiger partial charge in [0.05, 0.1) is 12.2 Å². The van der Waals surface area contributed by atoms with E-state index in [0.717, 1.165) is 25.3 Å². The molecule has 0 amide bonds. The monoisotopic (exact) mass is 235 g/mol. The first-order chi connectivity index (χ1) is 8.17. The Labute approximate surface area is 103 Å². The van der Waals surface area contributed by atoms with Gasteiger partial charge in [0.15, 0.2) is 0 Å². The molecule has 0 radical (unpaired) electrons. The molecule has 0 aliphatic carbocycles. The number of nitrogens with zero attached hydrogens (tertiary/aromatic N) is 2. The van der Waals surface area contributed by atoms with Gasteiger partial charge >= 0.3 is 0 Å². The second-order valence-corrected chi connectivity index (χ2v) is 4.36. The van der Waals surface area contributed by atoms with E-state index in [1.165, 1.54) is 0 Å². The Kier molecular flexibility index (Phi) is 5.58. The first-order valence-corrected chi connectivity index (χ1v) is 6.00. The second kappa shape index (κ2) is 6.97. The number of terminal acetylenes is 1. The van der Waals surface area contributed by atoms with Crippen LogP contribution in [0.25, 0.3) is 0 Å². The Bertz CT molecular complexity index is 365. The minimum absolute atomic E-state index is 0.524. The highest BCUT2D eigenvalue weighted by Crippen LogP contribution is 2.12. The summed E-state index contributed by atoms with van der Waals surface area (Å²) < 4.78 is 5.41. The van der Waals surface area contributed by atoms with Crippen molar-refractivity contribution in [3.63, 3.8) is 0 Å². The van der Waals surface area contributed by atoms with Crippen molar-refractivity contribution in [3.05, 3.63) is 12.0 Å². The first kappa shape index (κ1) is 13.6. The zero-order chi connectivity index (χ0) is 12.7. The van der Waals surface area contributed by atoms with E-state index in [2.05, 4.69) is 30.1 Å². The maximum atomic E-state index is 5.41. The average molecular weight is 235 g/mol. The van der Waals surface area contributed by atoms with Crippen molar-refractivity contribution in [2.24, 2.45) is 5.92 Å². The van der Waals surface area contributed by atoms with Gasteiger partial charge in [0.25, 0.3) is 6.01 Å². The molecule has 0 atom stereocenters. The predicted molar refractivity (Wildman–Crippen MR) is 69.8 cm³/mol. The van der Waals surface area contributed by atoms with Crippen LogP contribution < -0.4 is 10.2 Å². The molecule has 0 spiro atoms. The third-order valence-electron chi connectivity index (χ3n) is 2.33. The molecule has 0 saturated heterocycles. The number of anilines is 1. The largest absolute Gasteiger partial charge is 0.432 e. The highest BCUT2D eigenvalue weighted by Gasteiger charge is 2.10. The third-order valence-corrected chi connectivity index (χ3v) is 2.33. The van der Waals surface area contributed by atoms with E-state index < -0.39 is 0 Å². The molecule has 0 unspecified atom stereocenters. The van der Waals surface area contributed by atoms with Crippen molar-refractivity contribution in [2.45, 2.75) is 27.3 Å². The number of aromatic nitrogens is 1. The molecule has 0 aromatic carbocycles.